The van der Waals surface area contributed by atoms with Crippen molar-refractivity contribution in [2.45, 2.75) is 104 Å². The maximum Gasteiger partial charge on any atom is 0.328 e. The second-order valence-electron chi connectivity index (χ2n) is 13.0. The van der Waals surface area contributed by atoms with Gasteiger partial charge in [-0.3, -0.25) is 44.4 Å². The number of piperazine rings is 1. The summed E-state index contributed by atoms with van der Waals surface area (Å²) in [6.45, 7) is 5.30. The summed E-state index contributed by atoms with van der Waals surface area (Å²) < 4.78 is 5.26. The fourth-order valence-electron chi connectivity index (χ4n) is 5.08. The SMILES string of the molecule is CC(=O)NC(CCCN(O)C(=O)/C=C(\C)CCO)C(=O)OCC/C(C)=C\C(=O)N(O)CCCC1NC(=O)C(CCCN(O)C(=O)/C=C(\C)CCO)NC1=O. The molecule has 0 radical (unpaired) electrons. The van der Waals surface area contributed by atoms with Gasteiger partial charge in [0.25, 0.3) is 17.7 Å². The zero-order chi connectivity index (χ0) is 40.8. The number of nitrogens with one attached hydrogen (secondary N) is 3. The smallest absolute Gasteiger partial charge is 0.328 e. The van der Waals surface area contributed by atoms with Crippen LogP contribution >= 0.6 is 0 Å². The number of aliphatic hydroxyl groups excluding tert-OH is 2. The van der Waals surface area contributed by atoms with Gasteiger partial charge in [0.1, 0.15) is 18.1 Å². The van der Waals surface area contributed by atoms with Crippen LogP contribution < -0.4 is 16.0 Å². The predicted octanol–water partition coefficient (Wildman–Crippen LogP) is 0.00530. The van der Waals surface area contributed by atoms with Crippen molar-refractivity contribution < 1.29 is 64.1 Å². The molecule has 0 aliphatic carbocycles. The van der Waals surface area contributed by atoms with E-state index < -0.39 is 59.5 Å². The van der Waals surface area contributed by atoms with Crippen LogP contribution in [0, 0.1) is 0 Å². The van der Waals surface area contributed by atoms with E-state index in [1.54, 1.807) is 20.8 Å². The van der Waals surface area contributed by atoms with Gasteiger partial charge in [0, 0.05) is 64.4 Å². The first kappa shape index (κ1) is 47.3. The molecule has 19 heteroatoms. The van der Waals surface area contributed by atoms with Gasteiger partial charge in [-0.25, -0.2) is 20.0 Å². The molecule has 1 aliphatic rings. The quantitative estimate of drug-likeness (QED) is 0.0279. The lowest BCUT2D eigenvalue weighted by Gasteiger charge is -2.30. The fraction of sp³-hybridized carbons (Fsp3) is 0.629. The van der Waals surface area contributed by atoms with Gasteiger partial charge < -0.3 is 30.9 Å². The lowest BCUT2D eigenvalue weighted by atomic mass is 10.0. The molecule has 304 valence electrons. The molecule has 6 amide bonds. The number of hydrogen-bond donors (Lipinski definition) is 8. The number of aliphatic hydroxyl groups is 2. The fourth-order valence-corrected chi connectivity index (χ4v) is 5.08. The molecule has 1 saturated heterocycles. The van der Waals surface area contributed by atoms with Gasteiger partial charge in [-0.05, 0) is 72.1 Å². The third-order valence-electron chi connectivity index (χ3n) is 8.14. The lowest BCUT2D eigenvalue weighted by molar-refractivity contribution is -0.160. The average molecular weight is 769 g/mol. The Kier molecular flexibility index (Phi) is 22.2. The molecule has 0 aromatic rings. The Balaban J connectivity index is 2.47. The van der Waals surface area contributed by atoms with E-state index in [4.69, 9.17) is 14.9 Å². The lowest BCUT2D eigenvalue weighted by Crippen LogP contribution is -2.61. The summed E-state index contributed by atoms with van der Waals surface area (Å²) in [5.74, 6) is -4.25. The number of amides is 6. The van der Waals surface area contributed by atoms with E-state index in [-0.39, 0.29) is 90.8 Å². The van der Waals surface area contributed by atoms with Crippen LogP contribution in [-0.4, -0.2) is 140 Å². The molecule has 1 aliphatic heterocycles. The molecule has 3 unspecified atom stereocenters. The molecule has 3 atom stereocenters. The molecule has 54 heavy (non-hydrogen) atoms. The van der Waals surface area contributed by atoms with Crippen molar-refractivity contribution in [2.24, 2.45) is 0 Å². The molecular formula is C35H56N6O13. The number of rotatable bonds is 24. The van der Waals surface area contributed by atoms with E-state index >= 15 is 0 Å². The largest absolute Gasteiger partial charge is 0.464 e. The zero-order valence-corrected chi connectivity index (χ0v) is 31.4. The highest BCUT2D eigenvalue weighted by atomic mass is 16.5. The molecule has 1 rings (SSSR count). The molecular weight excluding hydrogens is 712 g/mol. The van der Waals surface area contributed by atoms with Crippen LogP contribution in [0.1, 0.15) is 85.5 Å². The summed E-state index contributed by atoms with van der Waals surface area (Å²) in [4.78, 5) is 85.9. The number of hydrogen-bond acceptors (Lipinski definition) is 13. The summed E-state index contributed by atoms with van der Waals surface area (Å²) in [5, 5.41) is 57.0. The minimum absolute atomic E-state index is 0.0556. The van der Waals surface area contributed by atoms with Gasteiger partial charge in [-0.15, -0.1) is 0 Å². The van der Waals surface area contributed by atoms with Crippen LogP contribution in [0.5, 0.6) is 0 Å². The number of nitrogens with zero attached hydrogens (tertiary/aromatic N) is 3. The molecule has 0 aromatic carbocycles. The number of hydroxylamine groups is 6. The highest BCUT2D eigenvalue weighted by Gasteiger charge is 2.33. The highest BCUT2D eigenvalue weighted by Crippen LogP contribution is 2.11. The Bertz CT molecular complexity index is 1400. The van der Waals surface area contributed by atoms with Gasteiger partial charge in [0.05, 0.1) is 6.61 Å². The van der Waals surface area contributed by atoms with E-state index in [0.717, 1.165) is 6.08 Å². The van der Waals surface area contributed by atoms with Crippen LogP contribution in [0.4, 0.5) is 0 Å². The minimum atomic E-state index is -1.05. The van der Waals surface area contributed by atoms with Crippen molar-refractivity contribution in [3.05, 3.63) is 34.9 Å². The molecule has 0 spiro atoms. The van der Waals surface area contributed by atoms with Crippen LogP contribution in [0.3, 0.4) is 0 Å². The van der Waals surface area contributed by atoms with Crippen LogP contribution in [0.25, 0.3) is 0 Å². The summed E-state index contributed by atoms with van der Waals surface area (Å²) in [7, 11) is 0. The maximum absolute atomic E-state index is 12.6. The zero-order valence-electron chi connectivity index (χ0n) is 31.4. The van der Waals surface area contributed by atoms with Crippen LogP contribution in [0.2, 0.25) is 0 Å². The number of esters is 1. The van der Waals surface area contributed by atoms with Crippen molar-refractivity contribution in [1.29, 1.82) is 0 Å². The summed E-state index contributed by atoms with van der Waals surface area (Å²) in [6.07, 6.45) is 5.09. The highest BCUT2D eigenvalue weighted by molar-refractivity contribution is 5.97. The third kappa shape index (κ3) is 18.9. The second kappa shape index (κ2) is 25.4. The van der Waals surface area contributed by atoms with Gasteiger partial charge in [-0.2, -0.15) is 0 Å². The summed E-state index contributed by atoms with van der Waals surface area (Å²) in [6, 6.07) is -2.81. The van der Waals surface area contributed by atoms with Crippen molar-refractivity contribution in [3.8, 4) is 0 Å². The molecule has 8 N–H and O–H groups in total. The van der Waals surface area contributed by atoms with Crippen molar-refractivity contribution in [2.75, 3.05) is 39.5 Å². The predicted molar refractivity (Wildman–Crippen MR) is 190 cm³/mol. The van der Waals surface area contributed by atoms with Gasteiger partial charge in [-0.1, -0.05) is 16.7 Å². The Morgan fingerprint density at radius 3 is 1.46 bits per heavy atom. The maximum atomic E-state index is 12.6. The topological polar surface area (TPSA) is 276 Å². The molecule has 1 fully saturated rings. The second-order valence-corrected chi connectivity index (χ2v) is 13.0. The Morgan fingerprint density at radius 1 is 0.685 bits per heavy atom. The van der Waals surface area contributed by atoms with E-state index in [1.165, 1.54) is 19.1 Å². The molecule has 0 aromatic heterocycles. The minimum Gasteiger partial charge on any atom is -0.464 e. The number of ether oxygens (including phenoxy) is 1. The van der Waals surface area contributed by atoms with Gasteiger partial charge >= 0.3 is 5.97 Å². The Labute approximate surface area is 314 Å². The van der Waals surface area contributed by atoms with Crippen LogP contribution in [0.15, 0.2) is 34.9 Å². The molecule has 1 heterocycles. The van der Waals surface area contributed by atoms with E-state index in [0.29, 0.717) is 38.3 Å². The number of carbonyl (C=O) groups excluding carboxylic acids is 7. The summed E-state index contributed by atoms with van der Waals surface area (Å²) >= 11 is 0. The monoisotopic (exact) mass is 768 g/mol. The first-order chi connectivity index (χ1) is 25.5. The van der Waals surface area contributed by atoms with Crippen LogP contribution in [-0.2, 0) is 38.3 Å². The van der Waals surface area contributed by atoms with E-state index in [1.807, 2.05) is 0 Å². The first-order valence-electron chi connectivity index (χ1n) is 17.8. The van der Waals surface area contributed by atoms with Crippen molar-refractivity contribution >= 4 is 41.4 Å². The summed E-state index contributed by atoms with van der Waals surface area (Å²) in [5.41, 5.74) is 1.64. The molecule has 0 saturated carbocycles. The molecule has 0 bridgehead atoms. The standard InChI is InChI=1S/C35H56N6O13/c1-23(11-17-42)20-30(45)39(51)14-5-8-27-33(48)38-28(34(49)37-27)9-6-15-40(52)32(47)22-25(3)13-19-54-35(50)29(36-26(4)44)10-7-16-41(53)31(46)21-24(2)12-18-43/h20-22,27-29,42-43,51-53H,5-19H2,1-4H3,(H,36,44)(H,37,49)(H,38,48)/b23-20+,24-21+,25-22-. The van der Waals surface area contributed by atoms with Crippen molar-refractivity contribution in [1.82, 2.24) is 31.1 Å². The normalized spacial score (nSPS) is 16.9. The Hall–Kier alpha value is -4.69. The van der Waals surface area contributed by atoms with Gasteiger partial charge in [0.15, 0.2) is 0 Å². The third-order valence-corrected chi connectivity index (χ3v) is 8.14. The van der Waals surface area contributed by atoms with Crippen molar-refractivity contribution in [3.63, 3.8) is 0 Å². The molecule has 19 nitrogen and oxygen atoms in total. The first-order valence-corrected chi connectivity index (χ1v) is 17.8. The Morgan fingerprint density at radius 2 is 1.07 bits per heavy atom. The van der Waals surface area contributed by atoms with E-state index in [9.17, 15) is 49.2 Å². The van der Waals surface area contributed by atoms with Gasteiger partial charge in [0.2, 0.25) is 17.7 Å². The number of carbonyl (C=O) groups is 7. The average Bonchev–Trinajstić information content (AvgIpc) is 3.09. The van der Waals surface area contributed by atoms with E-state index in [2.05, 4.69) is 16.0 Å².